The molecule has 21 heavy (non-hydrogen) atoms. The second kappa shape index (κ2) is 5.20. The fourth-order valence-electron chi connectivity index (χ4n) is 2.25. The van der Waals surface area contributed by atoms with Gasteiger partial charge in [0.05, 0.1) is 6.61 Å². The molecule has 0 radical (unpaired) electrons. The zero-order chi connectivity index (χ0) is 15.3. The number of fused-ring (bicyclic) bond motifs is 1. The number of hydrogen-bond donors (Lipinski definition) is 4. The molecular formula is C10H11Cl2N5O4. The maximum absolute atomic E-state index is 10.1. The van der Waals surface area contributed by atoms with Crippen molar-refractivity contribution in [2.24, 2.45) is 0 Å². The van der Waals surface area contributed by atoms with E-state index in [1.54, 1.807) is 0 Å². The Bertz CT molecular complexity index is 696. The largest absolute Gasteiger partial charge is 0.394 e. The lowest BCUT2D eigenvalue weighted by atomic mass is 10.1. The number of imidazole rings is 1. The van der Waals surface area contributed by atoms with E-state index < -0.39 is 31.1 Å². The molecule has 11 heteroatoms. The first-order valence-corrected chi connectivity index (χ1v) is 6.68. The molecule has 0 spiro atoms. The van der Waals surface area contributed by atoms with Crippen molar-refractivity contribution in [2.75, 3.05) is 12.3 Å². The van der Waals surface area contributed by atoms with Gasteiger partial charge < -0.3 is 25.8 Å². The van der Waals surface area contributed by atoms with Gasteiger partial charge in [-0.05, 0) is 11.6 Å². The summed E-state index contributed by atoms with van der Waals surface area (Å²) < 4.78 is 6.63. The minimum absolute atomic E-state index is 0.00453. The second-order valence-corrected chi connectivity index (χ2v) is 5.22. The van der Waals surface area contributed by atoms with E-state index in [1.807, 2.05) is 0 Å². The summed E-state index contributed by atoms with van der Waals surface area (Å²) in [6, 6.07) is 0. The summed E-state index contributed by atoms with van der Waals surface area (Å²) >= 11 is 11.9. The predicted molar refractivity (Wildman–Crippen MR) is 72.8 cm³/mol. The summed E-state index contributed by atoms with van der Waals surface area (Å²) in [7, 11) is 0. The van der Waals surface area contributed by atoms with Crippen LogP contribution in [-0.2, 0) is 4.74 Å². The number of ether oxygens (including phenoxy) is 1. The van der Waals surface area contributed by atoms with E-state index in [0.29, 0.717) is 0 Å². The average molecular weight is 336 g/mol. The van der Waals surface area contributed by atoms with Crippen LogP contribution in [0, 0.1) is 0 Å². The lowest BCUT2D eigenvalue weighted by molar-refractivity contribution is -0.0509. The van der Waals surface area contributed by atoms with Gasteiger partial charge in [0.25, 0.3) is 0 Å². The molecule has 3 heterocycles. The van der Waals surface area contributed by atoms with Crippen LogP contribution in [0.3, 0.4) is 0 Å². The molecule has 0 saturated carbocycles. The maximum atomic E-state index is 10.1. The fraction of sp³-hybridized carbons (Fsp3) is 0.500. The molecule has 1 fully saturated rings. The number of rotatable bonds is 2. The molecule has 0 bridgehead atoms. The van der Waals surface area contributed by atoms with Gasteiger partial charge in [0.1, 0.15) is 23.8 Å². The number of aliphatic hydroxyl groups excluding tert-OH is 3. The van der Waals surface area contributed by atoms with E-state index in [2.05, 4.69) is 15.0 Å². The zero-order valence-electron chi connectivity index (χ0n) is 10.4. The number of halogens is 2. The van der Waals surface area contributed by atoms with Crippen LogP contribution in [0.5, 0.6) is 0 Å². The molecule has 0 unspecified atom stereocenters. The van der Waals surface area contributed by atoms with E-state index >= 15 is 0 Å². The number of nitrogens with zero attached hydrogens (tertiary/aromatic N) is 4. The van der Waals surface area contributed by atoms with Crippen molar-refractivity contribution >= 4 is 40.3 Å². The van der Waals surface area contributed by atoms with Crippen LogP contribution >= 0.6 is 23.2 Å². The van der Waals surface area contributed by atoms with Gasteiger partial charge in [-0.3, -0.25) is 4.57 Å². The topological polar surface area (TPSA) is 140 Å². The summed E-state index contributed by atoms with van der Waals surface area (Å²) in [6.45, 7) is -0.461. The van der Waals surface area contributed by atoms with Gasteiger partial charge >= 0.3 is 0 Å². The highest BCUT2D eigenvalue weighted by Crippen LogP contribution is 2.35. The minimum Gasteiger partial charge on any atom is -0.394 e. The Labute approximate surface area is 127 Å². The van der Waals surface area contributed by atoms with E-state index in [-0.39, 0.29) is 27.5 Å². The highest BCUT2D eigenvalue weighted by molar-refractivity contribution is 6.34. The Morgan fingerprint density at radius 1 is 1.19 bits per heavy atom. The number of nitrogen functional groups attached to an aromatic ring is 1. The minimum atomic E-state index is -1.33. The Kier molecular flexibility index (Phi) is 3.64. The van der Waals surface area contributed by atoms with Gasteiger partial charge in [-0.15, -0.1) is 0 Å². The normalized spacial score (nSPS) is 29.4. The van der Waals surface area contributed by atoms with Gasteiger partial charge in [-0.2, -0.15) is 9.97 Å². The third-order valence-corrected chi connectivity index (χ3v) is 3.77. The summed E-state index contributed by atoms with van der Waals surface area (Å²) in [4.78, 5) is 11.7. The van der Waals surface area contributed by atoms with Crippen LogP contribution in [0.2, 0.25) is 10.4 Å². The molecule has 1 aliphatic heterocycles. The monoisotopic (exact) mass is 335 g/mol. The van der Waals surface area contributed by atoms with E-state index in [1.165, 1.54) is 4.57 Å². The molecule has 2 aromatic heterocycles. The van der Waals surface area contributed by atoms with Crippen molar-refractivity contribution in [2.45, 2.75) is 24.5 Å². The fourth-order valence-corrected chi connectivity index (χ4v) is 2.72. The number of nitrogens with two attached hydrogens (primary N) is 1. The summed E-state index contributed by atoms with van der Waals surface area (Å²) in [5, 5.41) is 28.9. The van der Waals surface area contributed by atoms with Crippen molar-refractivity contribution in [3.05, 3.63) is 10.4 Å². The summed E-state index contributed by atoms with van der Waals surface area (Å²) in [5.74, 6) is -0.0999. The summed E-state index contributed by atoms with van der Waals surface area (Å²) in [6.07, 6.45) is -4.64. The van der Waals surface area contributed by atoms with Crippen LogP contribution in [-0.4, -0.2) is 59.8 Å². The lowest BCUT2D eigenvalue weighted by Gasteiger charge is -2.17. The second-order valence-electron chi connectivity index (χ2n) is 4.52. The number of aliphatic hydroxyl groups is 3. The van der Waals surface area contributed by atoms with E-state index in [4.69, 9.17) is 38.8 Å². The predicted octanol–water partition coefficient (Wildman–Crippen LogP) is -0.673. The number of anilines is 1. The van der Waals surface area contributed by atoms with E-state index in [9.17, 15) is 10.2 Å². The van der Waals surface area contributed by atoms with Crippen LogP contribution in [0.1, 0.15) is 6.23 Å². The molecule has 2 aromatic rings. The molecule has 1 saturated heterocycles. The molecule has 4 atom stereocenters. The molecule has 0 aromatic carbocycles. The number of hydrogen-bond acceptors (Lipinski definition) is 8. The van der Waals surface area contributed by atoms with Crippen molar-refractivity contribution in [1.82, 2.24) is 19.5 Å². The molecule has 0 amide bonds. The SMILES string of the molecule is Nc1nc(Cl)c2nc(Cl)n([C@@H]3O[C@H](CO)[C@H](O)[C@@H]3O)c2n1. The van der Waals surface area contributed by atoms with Crippen molar-refractivity contribution in [3.63, 3.8) is 0 Å². The first-order valence-electron chi connectivity index (χ1n) is 5.93. The Hall–Kier alpha value is -1.23. The van der Waals surface area contributed by atoms with Crippen LogP contribution in [0.4, 0.5) is 5.95 Å². The quantitative estimate of drug-likeness (QED) is 0.418. The Morgan fingerprint density at radius 3 is 2.52 bits per heavy atom. The molecule has 0 aliphatic carbocycles. The van der Waals surface area contributed by atoms with Crippen molar-refractivity contribution < 1.29 is 20.1 Å². The molecule has 5 N–H and O–H groups in total. The lowest BCUT2D eigenvalue weighted by Crippen LogP contribution is -2.33. The van der Waals surface area contributed by atoms with E-state index in [0.717, 1.165) is 0 Å². The molecule has 3 rings (SSSR count). The van der Waals surface area contributed by atoms with Gasteiger partial charge in [0.15, 0.2) is 17.0 Å². The van der Waals surface area contributed by atoms with Crippen LogP contribution < -0.4 is 5.73 Å². The third-order valence-electron chi connectivity index (χ3n) is 3.24. The molecule has 114 valence electrons. The highest BCUT2D eigenvalue weighted by Gasteiger charge is 2.44. The Morgan fingerprint density at radius 2 is 1.90 bits per heavy atom. The average Bonchev–Trinajstić information content (AvgIpc) is 2.89. The smallest absolute Gasteiger partial charge is 0.223 e. The van der Waals surface area contributed by atoms with Crippen LogP contribution in [0.25, 0.3) is 11.2 Å². The highest BCUT2D eigenvalue weighted by atomic mass is 35.5. The van der Waals surface area contributed by atoms with Crippen molar-refractivity contribution in [3.8, 4) is 0 Å². The summed E-state index contributed by atoms with van der Waals surface area (Å²) in [5.41, 5.74) is 5.88. The van der Waals surface area contributed by atoms with Gasteiger partial charge in [0.2, 0.25) is 11.2 Å². The van der Waals surface area contributed by atoms with Crippen LogP contribution in [0.15, 0.2) is 0 Å². The molecule has 9 nitrogen and oxygen atoms in total. The van der Waals surface area contributed by atoms with Crippen molar-refractivity contribution in [1.29, 1.82) is 0 Å². The van der Waals surface area contributed by atoms with Gasteiger partial charge in [0, 0.05) is 0 Å². The zero-order valence-corrected chi connectivity index (χ0v) is 11.9. The number of aromatic nitrogens is 4. The first kappa shape index (κ1) is 14.7. The standard InChI is InChI=1S/C10H11Cl2N5O4/c11-6-3-7(16-10(13)15-6)17(9(12)14-3)8-5(20)4(19)2(1-18)21-8/h2,4-5,8,18-20H,1H2,(H2,13,15,16)/t2-,4+,5+,8-/m1/s1. The van der Waals surface area contributed by atoms with Gasteiger partial charge in [-0.25, -0.2) is 4.98 Å². The first-order chi connectivity index (χ1) is 9.93. The third kappa shape index (κ3) is 2.22. The maximum Gasteiger partial charge on any atom is 0.223 e. The molecular weight excluding hydrogens is 325 g/mol. The van der Waals surface area contributed by atoms with Gasteiger partial charge in [-0.1, -0.05) is 11.6 Å². The molecule has 1 aliphatic rings. The Balaban J connectivity index is 2.15.